The quantitative estimate of drug-likeness (QED) is 0.622. The lowest BCUT2D eigenvalue weighted by molar-refractivity contribution is -0.142. The molecule has 1 rings (SSSR count). The normalized spacial score (nSPS) is 10.1. The number of halogens is 1. The highest BCUT2D eigenvalue weighted by atomic mass is 79.9. The third kappa shape index (κ3) is 9.04. The van der Waals surface area contributed by atoms with Crippen molar-refractivity contribution in [2.24, 2.45) is 0 Å². The van der Waals surface area contributed by atoms with Crippen LogP contribution in [-0.2, 0) is 14.3 Å². The maximum absolute atomic E-state index is 11.5. The molecule has 0 aromatic heterocycles. The van der Waals surface area contributed by atoms with Crippen molar-refractivity contribution in [2.75, 3.05) is 26.4 Å². The number of carbonyl (C=O) groups excluding carboxylic acids is 1. The van der Waals surface area contributed by atoms with Gasteiger partial charge in [0.15, 0.2) is 0 Å². The van der Waals surface area contributed by atoms with Crippen LogP contribution in [0.5, 0.6) is 5.75 Å². The number of carboxylic acid groups (broad SMARTS) is 1. The van der Waals surface area contributed by atoms with Crippen LogP contribution in [0.3, 0.4) is 0 Å². The van der Waals surface area contributed by atoms with Gasteiger partial charge in [-0.3, -0.25) is 4.79 Å². The van der Waals surface area contributed by atoms with Gasteiger partial charge in [0.2, 0.25) is 5.91 Å². The Kier molecular flexibility index (Phi) is 8.45. The highest BCUT2D eigenvalue weighted by Gasteiger charge is 2.02. The first-order valence-corrected chi connectivity index (χ1v) is 7.32. The van der Waals surface area contributed by atoms with Crippen molar-refractivity contribution in [2.45, 2.75) is 12.8 Å². The van der Waals surface area contributed by atoms with Gasteiger partial charge in [-0.2, -0.15) is 0 Å². The van der Waals surface area contributed by atoms with E-state index in [1.165, 1.54) is 0 Å². The number of hydrogen-bond donors (Lipinski definition) is 2. The van der Waals surface area contributed by atoms with Crippen LogP contribution in [-0.4, -0.2) is 43.3 Å². The molecule has 0 heterocycles. The molecular formula is C14H18BrNO5. The molecule has 21 heavy (non-hydrogen) atoms. The van der Waals surface area contributed by atoms with Crippen molar-refractivity contribution in [3.05, 3.63) is 28.7 Å². The summed E-state index contributed by atoms with van der Waals surface area (Å²) < 4.78 is 11.2. The fraction of sp³-hybridized carbons (Fsp3) is 0.429. The summed E-state index contributed by atoms with van der Waals surface area (Å²) in [5.74, 6) is -0.371. The number of benzene rings is 1. The Morgan fingerprint density at radius 2 is 2.10 bits per heavy atom. The van der Waals surface area contributed by atoms with Crippen molar-refractivity contribution >= 4 is 27.8 Å². The third-order valence-electron chi connectivity index (χ3n) is 2.41. The second-order valence-electron chi connectivity index (χ2n) is 4.21. The predicted octanol–water partition coefficient (Wildman–Crippen LogP) is 1.83. The van der Waals surface area contributed by atoms with Gasteiger partial charge in [-0.15, -0.1) is 0 Å². The summed E-state index contributed by atoms with van der Waals surface area (Å²) in [6.07, 6.45) is 0.960. The highest BCUT2D eigenvalue weighted by molar-refractivity contribution is 9.10. The van der Waals surface area contributed by atoms with E-state index in [1.807, 2.05) is 24.3 Å². The molecule has 0 fully saturated rings. The van der Waals surface area contributed by atoms with E-state index < -0.39 is 5.97 Å². The maximum Gasteiger partial charge on any atom is 0.329 e. The van der Waals surface area contributed by atoms with Gasteiger partial charge in [0.05, 0.1) is 13.2 Å². The van der Waals surface area contributed by atoms with Crippen LogP contribution in [0.15, 0.2) is 28.7 Å². The molecule has 0 atom stereocenters. The molecule has 0 saturated heterocycles. The van der Waals surface area contributed by atoms with E-state index in [-0.39, 0.29) is 19.1 Å². The number of aliphatic carboxylic acids is 1. The first-order chi connectivity index (χ1) is 10.1. The van der Waals surface area contributed by atoms with E-state index in [0.717, 1.165) is 10.2 Å². The fourth-order valence-electron chi connectivity index (χ4n) is 1.49. The van der Waals surface area contributed by atoms with E-state index in [4.69, 9.17) is 14.6 Å². The number of amides is 1. The van der Waals surface area contributed by atoms with Crippen LogP contribution < -0.4 is 10.1 Å². The van der Waals surface area contributed by atoms with Crippen molar-refractivity contribution in [1.29, 1.82) is 0 Å². The van der Waals surface area contributed by atoms with Gasteiger partial charge in [0, 0.05) is 17.4 Å². The molecule has 0 radical (unpaired) electrons. The van der Waals surface area contributed by atoms with Crippen LogP contribution >= 0.6 is 15.9 Å². The highest BCUT2D eigenvalue weighted by Crippen LogP contribution is 2.17. The van der Waals surface area contributed by atoms with Crippen LogP contribution in [0.2, 0.25) is 0 Å². The Bertz CT molecular complexity index is 466. The Morgan fingerprint density at radius 1 is 1.29 bits per heavy atom. The summed E-state index contributed by atoms with van der Waals surface area (Å²) in [5, 5.41) is 11.0. The Morgan fingerprint density at radius 3 is 2.81 bits per heavy atom. The Labute approximate surface area is 131 Å². The molecule has 0 aliphatic rings. The van der Waals surface area contributed by atoms with Gasteiger partial charge in [0.25, 0.3) is 0 Å². The largest absolute Gasteiger partial charge is 0.494 e. The van der Waals surface area contributed by atoms with Crippen molar-refractivity contribution in [1.82, 2.24) is 5.32 Å². The molecule has 0 unspecified atom stereocenters. The second-order valence-corrected chi connectivity index (χ2v) is 5.12. The van der Waals surface area contributed by atoms with Crippen LogP contribution in [0.4, 0.5) is 0 Å². The molecule has 7 heteroatoms. The Balaban J connectivity index is 2.02. The van der Waals surface area contributed by atoms with Gasteiger partial charge < -0.3 is 19.9 Å². The molecular weight excluding hydrogens is 342 g/mol. The van der Waals surface area contributed by atoms with Crippen molar-refractivity contribution in [3.63, 3.8) is 0 Å². The third-order valence-corrected chi connectivity index (χ3v) is 2.90. The van der Waals surface area contributed by atoms with Gasteiger partial charge in [0.1, 0.15) is 12.4 Å². The molecule has 0 bridgehead atoms. The summed E-state index contributed by atoms with van der Waals surface area (Å²) in [6.45, 7) is 0.598. The predicted molar refractivity (Wildman–Crippen MR) is 80.3 cm³/mol. The standard InChI is InChI=1S/C14H18BrNO5/c15-11-3-1-4-12(9-11)21-7-2-5-13(17)16-6-8-20-10-14(18)19/h1,3-4,9H,2,5-8,10H2,(H,16,17)(H,18,19). The lowest BCUT2D eigenvalue weighted by atomic mass is 10.3. The SMILES string of the molecule is O=C(O)COCCNC(=O)CCCOc1cccc(Br)c1. The van der Waals surface area contributed by atoms with Gasteiger partial charge in [-0.1, -0.05) is 22.0 Å². The van der Waals surface area contributed by atoms with E-state index in [0.29, 0.717) is 26.0 Å². The van der Waals surface area contributed by atoms with Crippen LogP contribution in [0.25, 0.3) is 0 Å². The zero-order valence-electron chi connectivity index (χ0n) is 11.5. The molecule has 0 saturated carbocycles. The fourth-order valence-corrected chi connectivity index (χ4v) is 1.87. The molecule has 1 aromatic rings. The summed E-state index contributed by atoms with van der Waals surface area (Å²) in [5.41, 5.74) is 0. The number of rotatable bonds is 10. The number of ether oxygens (including phenoxy) is 2. The van der Waals surface area contributed by atoms with E-state index >= 15 is 0 Å². The summed E-state index contributed by atoms with van der Waals surface area (Å²) in [4.78, 5) is 21.6. The van der Waals surface area contributed by atoms with Gasteiger partial charge in [-0.05, 0) is 24.6 Å². The van der Waals surface area contributed by atoms with Crippen LogP contribution in [0, 0.1) is 0 Å². The van der Waals surface area contributed by atoms with E-state index in [9.17, 15) is 9.59 Å². The average Bonchev–Trinajstić information content (AvgIpc) is 2.43. The molecule has 1 aromatic carbocycles. The lowest BCUT2D eigenvalue weighted by Crippen LogP contribution is -2.28. The second kappa shape index (κ2) is 10.2. The first kappa shape index (κ1) is 17.5. The zero-order chi connectivity index (χ0) is 15.5. The zero-order valence-corrected chi connectivity index (χ0v) is 13.1. The van der Waals surface area contributed by atoms with Gasteiger partial charge >= 0.3 is 5.97 Å². The average molecular weight is 360 g/mol. The van der Waals surface area contributed by atoms with Gasteiger partial charge in [-0.25, -0.2) is 4.79 Å². The summed E-state index contributed by atoms with van der Waals surface area (Å²) >= 11 is 3.35. The first-order valence-electron chi connectivity index (χ1n) is 6.52. The number of carboxylic acids is 1. The maximum atomic E-state index is 11.5. The summed E-state index contributed by atoms with van der Waals surface area (Å²) in [6, 6.07) is 7.50. The topological polar surface area (TPSA) is 84.9 Å². The number of carbonyl (C=O) groups is 2. The van der Waals surface area contributed by atoms with Crippen molar-refractivity contribution < 1.29 is 24.2 Å². The van der Waals surface area contributed by atoms with Crippen LogP contribution in [0.1, 0.15) is 12.8 Å². The molecule has 2 N–H and O–H groups in total. The molecule has 0 spiro atoms. The minimum atomic E-state index is -1.02. The molecule has 0 aliphatic carbocycles. The van der Waals surface area contributed by atoms with Crippen molar-refractivity contribution in [3.8, 4) is 5.75 Å². The van der Waals surface area contributed by atoms with E-state index in [1.54, 1.807) is 0 Å². The lowest BCUT2D eigenvalue weighted by Gasteiger charge is -2.07. The number of nitrogens with one attached hydrogen (secondary N) is 1. The minimum Gasteiger partial charge on any atom is -0.494 e. The molecule has 6 nitrogen and oxygen atoms in total. The molecule has 1 amide bonds. The number of hydrogen-bond acceptors (Lipinski definition) is 4. The monoisotopic (exact) mass is 359 g/mol. The summed E-state index contributed by atoms with van der Waals surface area (Å²) in [7, 11) is 0. The smallest absolute Gasteiger partial charge is 0.329 e. The Hall–Kier alpha value is -1.60. The van der Waals surface area contributed by atoms with E-state index in [2.05, 4.69) is 21.2 Å². The minimum absolute atomic E-state index is 0.105. The molecule has 0 aliphatic heterocycles. The molecule has 116 valence electrons.